The normalized spacial score (nSPS) is 16.4. The zero-order valence-corrected chi connectivity index (χ0v) is 22.2. The van der Waals surface area contributed by atoms with Crippen LogP contribution in [0.1, 0.15) is 55.2 Å². The van der Waals surface area contributed by atoms with Gasteiger partial charge in [-0.2, -0.15) is 5.26 Å². The van der Waals surface area contributed by atoms with Gasteiger partial charge in [0.1, 0.15) is 16.8 Å². The van der Waals surface area contributed by atoms with E-state index < -0.39 is 23.1 Å². The van der Waals surface area contributed by atoms with Crippen LogP contribution in [0.5, 0.6) is 0 Å². The molecule has 1 saturated heterocycles. The molecule has 4 rings (SSSR count). The minimum atomic E-state index is -1.25. The van der Waals surface area contributed by atoms with Gasteiger partial charge in [0.15, 0.2) is 6.19 Å². The predicted octanol–water partition coefficient (Wildman–Crippen LogP) is 3.26. The molecule has 38 heavy (non-hydrogen) atoms. The number of alkyl carbamates (subject to hydrolysis) is 1. The first kappa shape index (κ1) is 27.1. The molecule has 10 heteroatoms. The fourth-order valence-corrected chi connectivity index (χ4v) is 4.66. The average molecular weight is 520 g/mol. The molecule has 3 heterocycles. The van der Waals surface area contributed by atoms with Gasteiger partial charge in [-0.1, -0.05) is 24.3 Å². The Morgan fingerprint density at radius 1 is 1.21 bits per heavy atom. The van der Waals surface area contributed by atoms with Crippen molar-refractivity contribution in [3.8, 4) is 17.3 Å². The smallest absolute Gasteiger partial charge is 0.408 e. The molecule has 0 atom stereocenters. The third kappa shape index (κ3) is 5.94. The molecule has 0 aliphatic carbocycles. The van der Waals surface area contributed by atoms with Gasteiger partial charge in [-0.15, -0.1) is 0 Å². The quantitative estimate of drug-likeness (QED) is 0.459. The highest BCUT2D eigenvalue weighted by Crippen LogP contribution is 2.27. The Morgan fingerprint density at radius 3 is 2.53 bits per heavy atom. The summed E-state index contributed by atoms with van der Waals surface area (Å²) in [6.07, 6.45) is 3.97. The largest absolute Gasteiger partial charge is 0.444 e. The molecular formula is C28H33N5O5. The molecule has 2 aliphatic heterocycles. The fourth-order valence-electron chi connectivity index (χ4n) is 4.66. The number of benzene rings is 1. The lowest BCUT2D eigenvalue weighted by Crippen LogP contribution is -2.62. The molecule has 0 radical (unpaired) electrons. The monoisotopic (exact) mass is 519 g/mol. The number of hydrogen-bond donors (Lipinski definition) is 1. The van der Waals surface area contributed by atoms with E-state index in [-0.39, 0.29) is 25.3 Å². The standard InChI is InChI=1S/C28H33N5O5/c1-27(2,3)38-26(36)31-28(10-13-37-14-11-28)25(35)33(18-29)12-9-19-5-7-20(8-6-19)21-15-22-17-32(4)24(34)23(22)30-16-21/h5-8,15-16H,9-14,17H2,1-4H3,(H,31,36). The van der Waals surface area contributed by atoms with Crippen LogP contribution in [0.4, 0.5) is 4.79 Å². The summed E-state index contributed by atoms with van der Waals surface area (Å²) in [5, 5.41) is 12.5. The minimum absolute atomic E-state index is 0.0673. The number of nitrogens with one attached hydrogen (secondary N) is 1. The number of hydrogen-bond acceptors (Lipinski definition) is 7. The van der Waals surface area contributed by atoms with Crippen LogP contribution >= 0.6 is 0 Å². The predicted molar refractivity (Wildman–Crippen MR) is 139 cm³/mol. The highest BCUT2D eigenvalue weighted by atomic mass is 16.6. The van der Waals surface area contributed by atoms with Gasteiger partial charge in [-0.3, -0.25) is 14.6 Å². The third-order valence-corrected chi connectivity index (χ3v) is 6.70. The van der Waals surface area contributed by atoms with Crippen LogP contribution in [0.15, 0.2) is 36.5 Å². The van der Waals surface area contributed by atoms with Crippen LogP contribution in [0.2, 0.25) is 0 Å². The number of nitrogens with zero attached hydrogens (tertiary/aromatic N) is 4. The van der Waals surface area contributed by atoms with Crippen molar-refractivity contribution in [2.24, 2.45) is 0 Å². The number of pyridine rings is 1. The molecule has 0 spiro atoms. The number of amides is 3. The first-order chi connectivity index (χ1) is 18.0. The Morgan fingerprint density at radius 2 is 1.89 bits per heavy atom. The number of aromatic nitrogens is 1. The van der Waals surface area contributed by atoms with Gasteiger partial charge in [0.25, 0.3) is 11.8 Å². The van der Waals surface area contributed by atoms with Crippen molar-refractivity contribution in [2.75, 3.05) is 26.8 Å². The second kappa shape index (κ2) is 10.8. The Kier molecular flexibility index (Phi) is 7.69. The number of rotatable bonds is 6. The highest BCUT2D eigenvalue weighted by molar-refractivity contribution is 5.96. The van der Waals surface area contributed by atoms with Crippen molar-refractivity contribution < 1.29 is 23.9 Å². The second-order valence-corrected chi connectivity index (χ2v) is 10.7. The van der Waals surface area contributed by atoms with Crippen LogP contribution in [0.3, 0.4) is 0 Å². The van der Waals surface area contributed by atoms with Crippen molar-refractivity contribution in [3.63, 3.8) is 0 Å². The van der Waals surface area contributed by atoms with E-state index in [0.29, 0.717) is 31.9 Å². The maximum absolute atomic E-state index is 13.5. The molecule has 1 aromatic carbocycles. The molecule has 200 valence electrons. The summed E-state index contributed by atoms with van der Waals surface area (Å²) < 4.78 is 10.8. The summed E-state index contributed by atoms with van der Waals surface area (Å²) in [6.45, 7) is 6.55. The van der Waals surface area contributed by atoms with E-state index in [9.17, 15) is 19.6 Å². The van der Waals surface area contributed by atoms with Crippen molar-refractivity contribution in [3.05, 3.63) is 53.3 Å². The van der Waals surface area contributed by atoms with Gasteiger partial charge in [-0.25, -0.2) is 9.69 Å². The Labute approximate surface area is 222 Å². The van der Waals surface area contributed by atoms with Crippen LogP contribution in [-0.4, -0.2) is 70.6 Å². The lowest BCUT2D eigenvalue weighted by Gasteiger charge is -2.38. The summed E-state index contributed by atoms with van der Waals surface area (Å²) in [5.41, 5.74) is 2.26. The number of carbonyl (C=O) groups excluding carboxylic acids is 3. The molecule has 1 aromatic heterocycles. The van der Waals surface area contributed by atoms with E-state index in [1.165, 1.54) is 0 Å². The molecular weight excluding hydrogens is 486 g/mol. The Bertz CT molecular complexity index is 1260. The van der Waals surface area contributed by atoms with Crippen molar-refractivity contribution >= 4 is 17.9 Å². The zero-order chi connectivity index (χ0) is 27.5. The molecule has 10 nitrogen and oxygen atoms in total. The van der Waals surface area contributed by atoms with Crippen LogP contribution in [0.25, 0.3) is 11.1 Å². The zero-order valence-electron chi connectivity index (χ0n) is 22.2. The van der Waals surface area contributed by atoms with Gasteiger partial charge < -0.3 is 19.7 Å². The Hall–Kier alpha value is -3.97. The second-order valence-electron chi connectivity index (χ2n) is 10.7. The third-order valence-electron chi connectivity index (χ3n) is 6.70. The molecule has 0 bridgehead atoms. The van der Waals surface area contributed by atoms with Crippen molar-refractivity contribution in [1.82, 2.24) is 20.1 Å². The first-order valence-electron chi connectivity index (χ1n) is 12.7. The molecule has 0 saturated carbocycles. The molecule has 0 unspecified atom stereocenters. The molecule has 2 aliphatic rings. The Balaban J connectivity index is 1.42. The summed E-state index contributed by atoms with van der Waals surface area (Å²) in [7, 11) is 1.76. The van der Waals surface area contributed by atoms with Gasteiger partial charge in [0.05, 0.1) is 0 Å². The number of ether oxygens (including phenoxy) is 2. The lowest BCUT2D eigenvalue weighted by molar-refractivity contribution is -0.139. The van der Waals surface area contributed by atoms with Gasteiger partial charge in [-0.05, 0) is 44.4 Å². The van der Waals surface area contributed by atoms with Gasteiger partial charge >= 0.3 is 6.09 Å². The topological polar surface area (TPSA) is 125 Å². The lowest BCUT2D eigenvalue weighted by atomic mass is 9.88. The van der Waals surface area contributed by atoms with Crippen LogP contribution < -0.4 is 5.32 Å². The van der Waals surface area contributed by atoms with E-state index in [1.807, 2.05) is 36.5 Å². The van der Waals surface area contributed by atoms with Crippen LogP contribution in [-0.2, 0) is 27.2 Å². The van der Waals surface area contributed by atoms with Crippen molar-refractivity contribution in [2.45, 2.75) is 57.7 Å². The number of fused-ring (bicyclic) bond motifs is 1. The number of nitriles is 1. The highest BCUT2D eigenvalue weighted by Gasteiger charge is 2.45. The number of carbonyl (C=O) groups is 3. The maximum atomic E-state index is 13.5. The SMILES string of the molecule is CN1Cc2cc(-c3ccc(CCN(C#N)C(=O)C4(NC(=O)OC(C)(C)C)CCOCC4)cc3)cnc2C1=O. The van der Waals surface area contributed by atoms with E-state index in [1.54, 1.807) is 38.9 Å². The van der Waals surface area contributed by atoms with E-state index in [2.05, 4.69) is 10.3 Å². The summed E-state index contributed by atoms with van der Waals surface area (Å²) >= 11 is 0. The summed E-state index contributed by atoms with van der Waals surface area (Å²) in [4.78, 5) is 45.2. The molecule has 2 aromatic rings. The molecule has 1 fully saturated rings. The molecule has 1 N–H and O–H groups in total. The van der Waals surface area contributed by atoms with Crippen molar-refractivity contribution in [1.29, 1.82) is 5.26 Å². The average Bonchev–Trinajstić information content (AvgIpc) is 3.16. The van der Waals surface area contributed by atoms with Crippen LogP contribution in [0, 0.1) is 11.5 Å². The van der Waals surface area contributed by atoms with Gasteiger partial charge in [0.2, 0.25) is 0 Å². The van der Waals surface area contributed by atoms with E-state index in [0.717, 1.165) is 27.2 Å². The van der Waals surface area contributed by atoms with Gasteiger partial charge in [0, 0.05) is 63.5 Å². The van der Waals surface area contributed by atoms with E-state index >= 15 is 0 Å². The minimum Gasteiger partial charge on any atom is -0.444 e. The maximum Gasteiger partial charge on any atom is 0.408 e. The first-order valence-corrected chi connectivity index (χ1v) is 12.7. The molecule has 3 amide bonds. The van der Waals surface area contributed by atoms with E-state index in [4.69, 9.17) is 9.47 Å². The summed E-state index contributed by atoms with van der Waals surface area (Å²) in [6, 6.07) is 9.80. The fraction of sp³-hybridized carbons (Fsp3) is 0.464. The summed E-state index contributed by atoms with van der Waals surface area (Å²) in [5.74, 6) is -0.531.